The topological polar surface area (TPSA) is 92.2 Å². The summed E-state index contributed by atoms with van der Waals surface area (Å²) in [6, 6.07) is 0. The summed E-state index contributed by atoms with van der Waals surface area (Å²) in [5, 5.41) is 38.3. The van der Waals surface area contributed by atoms with Gasteiger partial charge in [-0.05, 0) is 0 Å². The zero-order valence-corrected chi connectivity index (χ0v) is 10.0. The van der Waals surface area contributed by atoms with Crippen molar-refractivity contribution in [2.75, 3.05) is 0 Å². The third-order valence-electron chi connectivity index (χ3n) is 1.05. The molecule has 0 spiro atoms. The summed E-state index contributed by atoms with van der Waals surface area (Å²) < 4.78 is 0. The molecule has 4 nitrogen and oxygen atoms in total. The van der Waals surface area contributed by atoms with Gasteiger partial charge in [-0.25, -0.2) is 12.6 Å². The molecule has 0 aromatic rings. The second kappa shape index (κ2) is 15.0. The molecule has 0 unspecified atom stereocenters. The molecule has 0 bridgehead atoms. The fraction of sp³-hybridized carbons (Fsp3) is 1.00. The quantitative estimate of drug-likeness (QED) is 0.423. The van der Waals surface area contributed by atoms with E-state index in [1.54, 1.807) is 0 Å². The van der Waals surface area contributed by atoms with E-state index >= 15 is 0 Å². The molecule has 0 amide bonds. The summed E-state index contributed by atoms with van der Waals surface area (Å²) in [6.07, 6.45) is -1.26. The molecule has 0 saturated carbocycles. The molecule has 0 aliphatic rings. The Labute approximate surface area is 93.9 Å². The van der Waals surface area contributed by atoms with Gasteiger partial charge in [0, 0.05) is 0 Å². The molecule has 13 heavy (non-hydrogen) atoms. The van der Waals surface area contributed by atoms with Crippen molar-refractivity contribution in [3.63, 3.8) is 0 Å². The van der Waals surface area contributed by atoms with E-state index in [-0.39, 0.29) is 33.9 Å². The maximum atomic E-state index is 9.57. The van der Waals surface area contributed by atoms with Crippen molar-refractivity contribution in [1.29, 1.82) is 0 Å². The summed E-state index contributed by atoms with van der Waals surface area (Å²) in [7, 11) is 0. The van der Waals surface area contributed by atoms with Crippen LogP contribution < -0.4 is 20.4 Å². The molecular weight excluding hydrogens is 256 g/mol. The average molecular weight is 272 g/mol. The van der Waals surface area contributed by atoms with Crippen molar-refractivity contribution in [3.05, 3.63) is 0 Å². The summed E-state index contributed by atoms with van der Waals surface area (Å²) >= 11 is 0. The zero-order chi connectivity index (χ0) is 9.98. The summed E-state index contributed by atoms with van der Waals surface area (Å²) in [5.41, 5.74) is 0. The van der Waals surface area contributed by atoms with Crippen LogP contribution in [-0.2, 0) is 21.1 Å². The first-order valence-corrected chi connectivity index (χ1v) is 4.17. The van der Waals surface area contributed by atoms with E-state index < -0.39 is 12.6 Å². The molecule has 78 valence electrons. The first-order chi connectivity index (χ1) is 5.54. The molecule has 0 rings (SSSR count). The molecule has 0 N–H and O–H groups in total. The molecule has 0 radical (unpaired) electrons. The number of hydrogen-bond acceptors (Lipinski definition) is 4. The third kappa shape index (κ3) is 32.6. The van der Waals surface area contributed by atoms with E-state index in [0.717, 1.165) is 0 Å². The van der Waals surface area contributed by atoms with Crippen LogP contribution in [0.15, 0.2) is 0 Å². The van der Waals surface area contributed by atoms with Gasteiger partial charge in [0.2, 0.25) is 0 Å². The normalized spacial score (nSPS) is 9.23. The number of hydrogen-bond donors (Lipinski definition) is 0. The first-order valence-electron chi connectivity index (χ1n) is 4.17. The minimum atomic E-state index is -1.60. The summed E-state index contributed by atoms with van der Waals surface area (Å²) in [4.78, 5) is 0. The van der Waals surface area contributed by atoms with Crippen molar-refractivity contribution < 1.29 is 41.5 Å². The third-order valence-corrected chi connectivity index (χ3v) is 1.05. The van der Waals surface area contributed by atoms with E-state index in [0.29, 0.717) is 12.8 Å². The zero-order valence-electron chi connectivity index (χ0n) is 8.02. The van der Waals surface area contributed by atoms with E-state index in [2.05, 4.69) is 0 Å². The number of rotatable bonds is 4. The molecule has 5 heteroatoms. The van der Waals surface area contributed by atoms with E-state index in [9.17, 15) is 20.4 Å². The predicted molar refractivity (Wildman–Crippen MR) is 37.4 cm³/mol. The van der Waals surface area contributed by atoms with Gasteiger partial charge in [-0.3, -0.25) is 0 Å². The Morgan fingerprint density at radius 3 is 1.00 bits per heavy atom. The van der Waals surface area contributed by atoms with Gasteiger partial charge in [-0.2, -0.15) is 0 Å². The Balaban J connectivity index is -0.000000143. The van der Waals surface area contributed by atoms with Crippen LogP contribution in [0.4, 0.5) is 0 Å². The fourth-order valence-electron chi connectivity index (χ4n) is 0.471. The molecule has 0 aliphatic heterocycles. The van der Waals surface area contributed by atoms with Crippen LogP contribution in [0.3, 0.4) is 0 Å². The minimum Gasteiger partial charge on any atom is -0.865 e. The molecule has 0 aromatic heterocycles. The average Bonchev–Trinajstić information content (AvgIpc) is 1.87. The van der Waals surface area contributed by atoms with Crippen LogP contribution in [-0.4, -0.2) is 12.6 Å². The van der Waals surface area contributed by atoms with Gasteiger partial charge in [-0.1, -0.05) is 39.5 Å². The van der Waals surface area contributed by atoms with E-state index in [4.69, 9.17) is 0 Å². The Morgan fingerprint density at radius 2 is 1.00 bits per heavy atom. The molecule has 0 atom stereocenters. The molecule has 0 aromatic carbocycles. The Hall–Kier alpha value is 0.528. The largest absolute Gasteiger partial charge is 4.00 e. The van der Waals surface area contributed by atoms with Crippen molar-refractivity contribution >= 4 is 0 Å². The van der Waals surface area contributed by atoms with Gasteiger partial charge in [0.15, 0.2) is 0 Å². The Morgan fingerprint density at radius 1 is 0.769 bits per heavy atom. The minimum absolute atomic E-state index is 0. The van der Waals surface area contributed by atoms with Crippen LogP contribution in [0.5, 0.6) is 0 Å². The Kier molecular flexibility index (Phi) is 22.1. The van der Waals surface area contributed by atoms with E-state index in [1.807, 2.05) is 13.8 Å². The summed E-state index contributed by atoms with van der Waals surface area (Å²) in [5.74, 6) is 0. The van der Waals surface area contributed by atoms with Crippen molar-refractivity contribution in [3.8, 4) is 0 Å². The molecule has 0 fully saturated rings. The monoisotopic (exact) mass is 274 g/mol. The van der Waals surface area contributed by atoms with Crippen LogP contribution >= 0.6 is 0 Å². The van der Waals surface area contributed by atoms with Crippen LogP contribution in [0.2, 0.25) is 0 Å². The van der Waals surface area contributed by atoms with Crippen LogP contribution in [0.25, 0.3) is 0 Å². The molecular formula is C8H16MoO4. The van der Waals surface area contributed by atoms with Crippen molar-refractivity contribution in [1.82, 2.24) is 0 Å². The second-order valence-electron chi connectivity index (χ2n) is 2.44. The van der Waals surface area contributed by atoms with E-state index in [1.165, 1.54) is 0 Å². The van der Waals surface area contributed by atoms with Gasteiger partial charge in [-0.15, -0.1) is 0 Å². The van der Waals surface area contributed by atoms with Gasteiger partial charge in [0.05, 0.1) is 0 Å². The molecule has 0 saturated heterocycles. The van der Waals surface area contributed by atoms with Gasteiger partial charge >= 0.3 is 21.1 Å². The maximum Gasteiger partial charge on any atom is 4.00 e. The standard InChI is InChI=1S/2C4H8O2.Mo/c2*1-2-3-4(5)6;/h2*4H,2-3H2,1H3;/q2*-2;+4. The summed E-state index contributed by atoms with van der Waals surface area (Å²) in [6.45, 7) is 3.64. The molecule has 0 heterocycles. The SMILES string of the molecule is CCCC([O-])[O-].CCCC([O-])[O-].[Mo+4]. The predicted octanol–water partition coefficient (Wildman–Crippen LogP) is -2.34. The smallest absolute Gasteiger partial charge is 0.865 e. The van der Waals surface area contributed by atoms with Gasteiger partial charge in [0.1, 0.15) is 0 Å². The van der Waals surface area contributed by atoms with Crippen LogP contribution in [0, 0.1) is 0 Å². The Bertz CT molecular complexity index is 68.5. The fourth-order valence-corrected chi connectivity index (χ4v) is 0.471. The van der Waals surface area contributed by atoms with Gasteiger partial charge in [0.25, 0.3) is 0 Å². The maximum absolute atomic E-state index is 9.57. The van der Waals surface area contributed by atoms with Crippen molar-refractivity contribution in [2.24, 2.45) is 0 Å². The van der Waals surface area contributed by atoms with Crippen LogP contribution in [0.1, 0.15) is 39.5 Å². The molecule has 0 aliphatic carbocycles. The second-order valence-corrected chi connectivity index (χ2v) is 2.44. The van der Waals surface area contributed by atoms with Crippen molar-refractivity contribution in [2.45, 2.75) is 52.1 Å². The van der Waals surface area contributed by atoms with Gasteiger partial charge < -0.3 is 20.4 Å². The first kappa shape index (κ1) is 19.2.